The fourth-order valence-corrected chi connectivity index (χ4v) is 5.09. The van der Waals surface area contributed by atoms with E-state index in [1.54, 1.807) is 13.8 Å². The summed E-state index contributed by atoms with van der Waals surface area (Å²) in [6, 6.07) is -0.561. The first-order valence-electron chi connectivity index (χ1n) is 8.18. The Bertz CT molecular complexity index is 414. The lowest BCUT2D eigenvalue weighted by Crippen LogP contribution is -2.62. The lowest BCUT2D eigenvalue weighted by Gasteiger charge is -2.56. The fourth-order valence-electron chi connectivity index (χ4n) is 5.09. The highest BCUT2D eigenvalue weighted by Crippen LogP contribution is 2.55. The Labute approximate surface area is 125 Å². The number of carboxylic acids is 1. The summed E-state index contributed by atoms with van der Waals surface area (Å²) >= 11 is 0. The maximum absolute atomic E-state index is 12.2. The first kappa shape index (κ1) is 14.7. The molecule has 21 heavy (non-hydrogen) atoms. The van der Waals surface area contributed by atoms with Crippen molar-refractivity contribution < 1.29 is 14.7 Å². The molecule has 4 aliphatic carbocycles. The second-order valence-corrected chi connectivity index (χ2v) is 7.71. The average molecular weight is 294 g/mol. The minimum Gasteiger partial charge on any atom is -0.481 e. The average Bonchev–Trinajstić information content (AvgIpc) is 2.34. The van der Waals surface area contributed by atoms with Crippen molar-refractivity contribution in [2.75, 3.05) is 0 Å². The second-order valence-electron chi connectivity index (χ2n) is 7.71. The number of carbonyl (C=O) groups excluding carboxylic acids is 1. The molecule has 4 aliphatic rings. The predicted octanol–water partition coefficient (Wildman–Crippen LogP) is 2.36. The number of carbonyl (C=O) groups is 2. The lowest BCUT2D eigenvalue weighted by molar-refractivity contribution is -0.141. The molecule has 2 unspecified atom stereocenters. The van der Waals surface area contributed by atoms with E-state index in [0.717, 1.165) is 37.0 Å². The van der Waals surface area contributed by atoms with Crippen LogP contribution in [0.3, 0.4) is 0 Å². The number of nitrogens with one attached hydrogen (secondary N) is 2. The SMILES string of the molecule is CC(NC(=O)NC12CC3CC(CC(C3)C1)C2)C(C)C(=O)O. The van der Waals surface area contributed by atoms with Crippen LogP contribution in [-0.2, 0) is 4.79 Å². The van der Waals surface area contributed by atoms with Crippen LogP contribution < -0.4 is 10.6 Å². The summed E-state index contributed by atoms with van der Waals surface area (Å²) in [7, 11) is 0. The zero-order valence-corrected chi connectivity index (χ0v) is 12.9. The Morgan fingerprint density at radius 3 is 1.95 bits per heavy atom. The molecule has 0 aromatic carbocycles. The van der Waals surface area contributed by atoms with E-state index in [4.69, 9.17) is 5.11 Å². The van der Waals surface area contributed by atoms with Gasteiger partial charge in [-0.1, -0.05) is 0 Å². The van der Waals surface area contributed by atoms with Crippen LogP contribution in [0.4, 0.5) is 4.79 Å². The van der Waals surface area contributed by atoms with E-state index >= 15 is 0 Å². The standard InChI is InChI=1S/C16H26N2O3/c1-9(14(19)20)10(2)17-15(21)18-16-6-11-3-12(7-16)5-13(4-11)8-16/h9-13H,3-8H2,1-2H3,(H,19,20)(H2,17,18,21). The Hall–Kier alpha value is -1.26. The van der Waals surface area contributed by atoms with Crippen LogP contribution in [0.15, 0.2) is 0 Å². The first-order chi connectivity index (χ1) is 9.87. The summed E-state index contributed by atoms with van der Waals surface area (Å²) in [6.07, 6.45) is 7.35. The van der Waals surface area contributed by atoms with Gasteiger partial charge in [-0.2, -0.15) is 0 Å². The quantitative estimate of drug-likeness (QED) is 0.745. The topological polar surface area (TPSA) is 78.4 Å². The Kier molecular flexibility index (Phi) is 3.62. The molecule has 4 bridgehead atoms. The summed E-state index contributed by atoms with van der Waals surface area (Å²) in [5, 5.41) is 15.0. The van der Waals surface area contributed by atoms with Crippen LogP contribution in [0.2, 0.25) is 0 Å². The van der Waals surface area contributed by atoms with Crippen molar-refractivity contribution in [2.45, 2.75) is 64.0 Å². The van der Waals surface area contributed by atoms with Gasteiger partial charge in [0.2, 0.25) is 0 Å². The molecule has 0 aliphatic heterocycles. The summed E-state index contributed by atoms with van der Waals surface area (Å²) in [5.41, 5.74) is -0.0228. The molecule has 0 heterocycles. The highest BCUT2D eigenvalue weighted by atomic mass is 16.4. The molecule has 5 nitrogen and oxygen atoms in total. The lowest BCUT2D eigenvalue weighted by atomic mass is 9.53. The molecule has 4 fully saturated rings. The highest BCUT2D eigenvalue weighted by molar-refractivity contribution is 5.77. The van der Waals surface area contributed by atoms with Crippen molar-refractivity contribution >= 4 is 12.0 Å². The smallest absolute Gasteiger partial charge is 0.315 e. The second kappa shape index (κ2) is 5.18. The van der Waals surface area contributed by atoms with Gasteiger partial charge in [-0.3, -0.25) is 4.79 Å². The largest absolute Gasteiger partial charge is 0.481 e. The molecule has 0 aromatic rings. The van der Waals surface area contributed by atoms with E-state index < -0.39 is 11.9 Å². The van der Waals surface area contributed by atoms with Gasteiger partial charge < -0.3 is 15.7 Å². The van der Waals surface area contributed by atoms with Gasteiger partial charge in [0.05, 0.1) is 5.92 Å². The zero-order valence-electron chi connectivity index (χ0n) is 12.9. The zero-order chi connectivity index (χ0) is 15.2. The van der Waals surface area contributed by atoms with Crippen molar-refractivity contribution in [3.05, 3.63) is 0 Å². The van der Waals surface area contributed by atoms with Crippen molar-refractivity contribution in [1.82, 2.24) is 10.6 Å². The van der Waals surface area contributed by atoms with Gasteiger partial charge in [0.1, 0.15) is 0 Å². The molecule has 2 amide bonds. The van der Waals surface area contributed by atoms with E-state index in [2.05, 4.69) is 10.6 Å². The summed E-state index contributed by atoms with van der Waals surface area (Å²) < 4.78 is 0. The molecular weight excluding hydrogens is 268 g/mol. The molecule has 0 aromatic heterocycles. The van der Waals surface area contributed by atoms with Gasteiger partial charge in [-0.25, -0.2) is 4.79 Å². The van der Waals surface area contributed by atoms with Crippen LogP contribution >= 0.6 is 0 Å². The summed E-state index contributed by atoms with van der Waals surface area (Å²) in [4.78, 5) is 23.2. The van der Waals surface area contributed by atoms with Crippen molar-refractivity contribution in [3.63, 3.8) is 0 Å². The van der Waals surface area contributed by atoms with Gasteiger partial charge in [-0.05, 0) is 70.1 Å². The molecule has 0 radical (unpaired) electrons. The third-order valence-corrected chi connectivity index (χ3v) is 5.92. The third kappa shape index (κ3) is 2.87. The Balaban J connectivity index is 1.59. The maximum Gasteiger partial charge on any atom is 0.315 e. The van der Waals surface area contributed by atoms with Crippen molar-refractivity contribution in [3.8, 4) is 0 Å². The molecule has 5 heteroatoms. The van der Waals surface area contributed by atoms with Gasteiger partial charge in [0, 0.05) is 11.6 Å². The molecule has 3 N–H and O–H groups in total. The number of carboxylic acid groups (broad SMARTS) is 1. The van der Waals surface area contributed by atoms with Gasteiger partial charge in [-0.15, -0.1) is 0 Å². The van der Waals surface area contributed by atoms with Gasteiger partial charge in [0.15, 0.2) is 0 Å². The summed E-state index contributed by atoms with van der Waals surface area (Å²) in [5.74, 6) is 0.899. The van der Waals surface area contributed by atoms with E-state index in [0.29, 0.717) is 0 Å². The fraction of sp³-hybridized carbons (Fsp3) is 0.875. The van der Waals surface area contributed by atoms with E-state index in [1.165, 1.54) is 19.3 Å². The number of rotatable bonds is 4. The number of aliphatic carboxylic acids is 1. The van der Waals surface area contributed by atoms with Crippen LogP contribution in [0.25, 0.3) is 0 Å². The van der Waals surface area contributed by atoms with Crippen molar-refractivity contribution in [2.24, 2.45) is 23.7 Å². The normalized spacial score (nSPS) is 39.6. The van der Waals surface area contributed by atoms with Crippen molar-refractivity contribution in [1.29, 1.82) is 0 Å². The molecule has 2 atom stereocenters. The van der Waals surface area contributed by atoms with Crippen LogP contribution in [0, 0.1) is 23.7 Å². The van der Waals surface area contributed by atoms with Crippen LogP contribution in [-0.4, -0.2) is 28.7 Å². The van der Waals surface area contributed by atoms with Crippen LogP contribution in [0.1, 0.15) is 52.4 Å². The molecular formula is C16H26N2O3. The number of amides is 2. The van der Waals surface area contributed by atoms with Gasteiger partial charge >= 0.3 is 12.0 Å². The monoisotopic (exact) mass is 294 g/mol. The Morgan fingerprint density at radius 1 is 1.05 bits per heavy atom. The number of hydrogen-bond acceptors (Lipinski definition) is 2. The first-order valence-corrected chi connectivity index (χ1v) is 8.18. The van der Waals surface area contributed by atoms with E-state index in [-0.39, 0.29) is 17.6 Å². The Morgan fingerprint density at radius 2 is 1.52 bits per heavy atom. The van der Waals surface area contributed by atoms with Gasteiger partial charge in [0.25, 0.3) is 0 Å². The summed E-state index contributed by atoms with van der Waals surface area (Å²) in [6.45, 7) is 3.37. The molecule has 4 saturated carbocycles. The minimum absolute atomic E-state index is 0.0228. The maximum atomic E-state index is 12.2. The molecule has 0 saturated heterocycles. The number of urea groups is 1. The molecule has 0 spiro atoms. The number of hydrogen-bond donors (Lipinski definition) is 3. The molecule has 118 valence electrons. The predicted molar refractivity (Wildman–Crippen MR) is 78.8 cm³/mol. The minimum atomic E-state index is -0.877. The van der Waals surface area contributed by atoms with E-state index in [1.807, 2.05) is 0 Å². The van der Waals surface area contributed by atoms with Crippen LogP contribution in [0.5, 0.6) is 0 Å². The van der Waals surface area contributed by atoms with E-state index in [9.17, 15) is 9.59 Å². The molecule has 4 rings (SSSR count). The third-order valence-electron chi connectivity index (χ3n) is 5.92. The highest BCUT2D eigenvalue weighted by Gasteiger charge is 2.51.